The average Bonchev–Trinajstić information content (AvgIpc) is 3.08. The Morgan fingerprint density at radius 1 is 0.340 bits per heavy atom. The monoisotopic (exact) mass is 768 g/mol. The molecule has 0 aromatic heterocycles. The number of benzene rings is 4. The number of hydrogen-bond acceptors (Lipinski definition) is 1. The van der Waals surface area contributed by atoms with E-state index in [1.54, 1.807) is 6.08 Å². The van der Waals surface area contributed by atoms with Crippen LogP contribution in [0.5, 0.6) is 0 Å². The van der Waals surface area contributed by atoms with Crippen molar-refractivity contribution in [1.29, 1.82) is 0 Å². The first-order chi connectivity index (χ1) is 23.1. The van der Waals surface area contributed by atoms with Crippen LogP contribution in [0, 0.1) is 116 Å². The molecule has 268 valence electrons. The summed E-state index contributed by atoms with van der Waals surface area (Å²) in [6.07, 6.45) is -5.64. The molecule has 0 spiro atoms. The second kappa shape index (κ2) is 14.3. The zero-order chi connectivity index (χ0) is 38.5. The van der Waals surface area contributed by atoms with Crippen LogP contribution in [0.25, 0.3) is 0 Å². The lowest BCUT2D eigenvalue weighted by molar-refractivity contribution is 0.378. The van der Waals surface area contributed by atoms with Gasteiger partial charge in [-0.15, -0.1) is 21.9 Å². The molecule has 1 nitrogen and oxygen atoms in total. The van der Waals surface area contributed by atoms with Gasteiger partial charge in [0.15, 0.2) is 69.8 Å². The molecule has 0 saturated heterocycles. The van der Waals surface area contributed by atoms with Crippen molar-refractivity contribution in [2.75, 3.05) is 5.75 Å². The third kappa shape index (κ3) is 5.63. The van der Waals surface area contributed by atoms with E-state index in [9.17, 15) is 56.9 Å². The average molecular weight is 768 g/mol. The molecule has 0 N–H and O–H groups in total. The maximum Gasteiger partial charge on any atom is 0.463 e. The molecule has 23 heteroatoms. The Bertz CT molecular complexity index is 1700. The van der Waals surface area contributed by atoms with E-state index in [1.165, 1.54) is 0 Å². The van der Waals surface area contributed by atoms with E-state index >= 15 is 35.1 Å². The second-order valence-electron chi connectivity index (χ2n) is 9.37. The van der Waals surface area contributed by atoms with E-state index < -0.39 is 144 Å². The van der Waals surface area contributed by atoms with Crippen molar-refractivity contribution in [3.63, 3.8) is 0 Å². The summed E-state index contributed by atoms with van der Waals surface area (Å²) in [5.74, 6) is -70.9. The first-order valence-electron chi connectivity index (χ1n) is 12.2. The van der Waals surface area contributed by atoms with Gasteiger partial charge in [-0.2, -0.15) is 0 Å². The summed E-state index contributed by atoms with van der Waals surface area (Å²) < 4.78 is 303. The minimum atomic E-state index is -7.22. The summed E-state index contributed by atoms with van der Waals surface area (Å²) in [7, 11) is 0. The van der Waals surface area contributed by atoms with Crippen molar-refractivity contribution < 1.29 is 92.0 Å². The summed E-state index contributed by atoms with van der Waals surface area (Å²) in [5.41, 5.74) is -14.3. The lowest BCUT2D eigenvalue weighted by Gasteiger charge is -2.44. The van der Waals surface area contributed by atoms with Crippen molar-refractivity contribution >= 4 is 39.7 Å². The normalized spacial score (nSPS) is 11.4. The van der Waals surface area contributed by atoms with Crippen molar-refractivity contribution in [2.45, 2.75) is 0 Å². The van der Waals surface area contributed by atoms with Crippen molar-refractivity contribution in [2.24, 2.45) is 0 Å². The highest BCUT2D eigenvalue weighted by molar-refractivity contribution is 7.65. The maximum absolute atomic E-state index is 15.4. The lowest BCUT2D eigenvalue weighted by atomic mass is 9.12. The lowest BCUT2D eigenvalue weighted by Crippen LogP contribution is -2.81. The zero-order valence-corrected chi connectivity index (χ0v) is 23.8. The van der Waals surface area contributed by atoms with E-state index in [0.717, 1.165) is 0 Å². The van der Waals surface area contributed by atoms with Gasteiger partial charge in [-0.05, 0) is 6.08 Å². The molecule has 4 aromatic carbocycles. The van der Waals surface area contributed by atoms with Crippen LogP contribution in [0.2, 0.25) is 0 Å². The van der Waals surface area contributed by atoms with Gasteiger partial charge in [-0.3, -0.25) is 0 Å². The molecule has 0 amide bonds. The van der Waals surface area contributed by atoms with Crippen LogP contribution in [-0.2, 0) is 15.9 Å². The predicted molar refractivity (Wildman–Crippen MR) is 132 cm³/mol. The molecule has 0 aliphatic carbocycles. The first kappa shape index (κ1) is 39.7. The van der Waals surface area contributed by atoms with Crippen molar-refractivity contribution in [1.82, 2.24) is 0 Å². The molecule has 0 radical (unpaired) electrons. The number of rotatable bonds is 6. The number of halogens is 20. The molecule has 0 unspecified atom stereocenters. The van der Waals surface area contributed by atoms with Crippen LogP contribution in [0.3, 0.4) is 0 Å². The van der Waals surface area contributed by atoms with Gasteiger partial charge in [-0.1, -0.05) is 6.58 Å². The molecule has 4 aromatic rings. The highest BCUT2D eigenvalue weighted by atomic mass is 32.1. The summed E-state index contributed by atoms with van der Waals surface area (Å²) in [5, 5.41) is 0. The Hall–Kier alpha value is -4.70. The summed E-state index contributed by atoms with van der Waals surface area (Å²) in [6, 6.07) is 0. The highest BCUT2D eigenvalue weighted by Crippen LogP contribution is 2.30. The Kier molecular flexibility index (Phi) is 11.3. The smallest absolute Gasteiger partial charge is 0.207 e. The van der Waals surface area contributed by atoms with Crippen molar-refractivity contribution in [3.8, 4) is 0 Å². The predicted octanol–water partition coefficient (Wildman–Crippen LogP) is 6.45. The van der Waals surface area contributed by atoms with Crippen molar-refractivity contribution in [3.05, 3.63) is 129 Å². The molecule has 50 heavy (non-hydrogen) atoms. The summed E-state index contributed by atoms with van der Waals surface area (Å²) in [6.45, 7) is 3.33. The molecule has 0 fully saturated rings. The van der Waals surface area contributed by atoms with Crippen LogP contribution in [-0.4, -0.2) is 11.9 Å². The Morgan fingerprint density at radius 2 is 0.480 bits per heavy atom. The van der Waals surface area contributed by atoms with E-state index in [0.29, 0.717) is 17.4 Å². The largest absolute Gasteiger partial charge is 0.463 e. The van der Waals surface area contributed by atoms with Gasteiger partial charge in [0.1, 0.15) is 52.7 Å². The third-order valence-electron chi connectivity index (χ3n) is 6.89. The highest BCUT2D eigenvalue weighted by Gasteiger charge is 2.52. The molecule has 0 aliphatic heterocycles. The minimum absolute atomic E-state index is 0.514. The van der Waals surface area contributed by atoms with Gasteiger partial charge in [0.25, 0.3) is 0 Å². The molecular formula is C27H5BF20OS. The van der Waals surface area contributed by atoms with E-state index in [4.69, 9.17) is 0 Å². The Morgan fingerprint density at radius 3 is 0.580 bits per heavy atom. The Labute approximate surface area is 266 Å². The fraction of sp³-hybridized carbons (Fsp3) is 0.0370. The first-order valence-corrected chi connectivity index (χ1v) is 13.1. The quantitative estimate of drug-likeness (QED) is 0.0552. The molecule has 0 bridgehead atoms. The SMILES string of the molecule is C=CC[S+]=O.Fc1c(F)c(F)c([B-](c2c(F)c(F)c(F)c(F)c2F)(c2c(F)c(F)c(F)c(F)c2F)c2c(F)c(F)c(F)c(F)c2F)c(F)c1F. The van der Waals surface area contributed by atoms with Crippen LogP contribution in [0.1, 0.15) is 0 Å². The topological polar surface area (TPSA) is 17.1 Å². The van der Waals surface area contributed by atoms with Crippen LogP contribution < -0.4 is 21.9 Å². The zero-order valence-electron chi connectivity index (χ0n) is 22.9. The molecule has 0 atom stereocenters. The van der Waals surface area contributed by atoms with Gasteiger partial charge < -0.3 is 0 Å². The fourth-order valence-corrected chi connectivity index (χ4v) is 5.02. The fourth-order valence-electron chi connectivity index (χ4n) is 4.92. The second-order valence-corrected chi connectivity index (χ2v) is 9.94. The van der Waals surface area contributed by atoms with E-state index in [-0.39, 0.29) is 0 Å². The molecule has 0 aliphatic rings. The molecule has 0 heterocycles. The van der Waals surface area contributed by atoms with Gasteiger partial charge in [-0.25, -0.2) is 87.8 Å². The van der Waals surface area contributed by atoms with Gasteiger partial charge in [0.2, 0.25) is 5.75 Å². The standard InChI is InChI=1S/C24BF20.C3H5OS/c26-5-1(6(27)14(35)21(42)13(5)34)25(2-7(28)15(36)22(43)16(37)8(2)29,3-9(30)17(38)23(44)18(39)10(3)31)4-11(32)19(40)24(45)20(41)12(4)33;1-2-3-5-4/h;2H,1,3H2/q-1;+1. The summed E-state index contributed by atoms with van der Waals surface area (Å²) in [4.78, 5) is 0. The summed E-state index contributed by atoms with van der Waals surface area (Å²) >= 11 is 0.534. The molecular weight excluding hydrogens is 763 g/mol. The van der Waals surface area contributed by atoms with E-state index in [1.807, 2.05) is 0 Å². The van der Waals surface area contributed by atoms with Crippen LogP contribution in [0.15, 0.2) is 12.7 Å². The van der Waals surface area contributed by atoms with Crippen LogP contribution >= 0.6 is 0 Å². The van der Waals surface area contributed by atoms with Crippen LogP contribution in [0.4, 0.5) is 87.8 Å². The van der Waals surface area contributed by atoms with Gasteiger partial charge in [0, 0.05) is 4.21 Å². The number of hydrogen-bond donors (Lipinski definition) is 0. The Balaban J connectivity index is 0.00000126. The van der Waals surface area contributed by atoms with Gasteiger partial charge >= 0.3 is 11.7 Å². The van der Waals surface area contributed by atoms with E-state index in [2.05, 4.69) is 6.58 Å². The van der Waals surface area contributed by atoms with Gasteiger partial charge in [0.05, 0.1) is 0 Å². The third-order valence-corrected chi connectivity index (χ3v) is 7.26. The molecule has 0 saturated carbocycles. The maximum atomic E-state index is 15.4. The minimum Gasteiger partial charge on any atom is -0.207 e. The molecule has 4 rings (SSSR count).